The predicted molar refractivity (Wildman–Crippen MR) is 117 cm³/mol. The zero-order valence-electron chi connectivity index (χ0n) is 18.1. The van der Waals surface area contributed by atoms with Gasteiger partial charge in [-0.05, 0) is 18.6 Å². The van der Waals surface area contributed by atoms with E-state index in [2.05, 4.69) is 28.5 Å². The highest BCUT2D eigenvalue weighted by Gasteiger charge is 2.29. The first-order valence-electron chi connectivity index (χ1n) is 10.0. The van der Waals surface area contributed by atoms with Gasteiger partial charge in [-0.25, -0.2) is 18.3 Å². The molecule has 170 valence electrons. The minimum absolute atomic E-state index is 0.0309. The highest BCUT2D eigenvalue weighted by atomic mass is 19.1. The smallest absolute Gasteiger partial charge is 0.245 e. The first kappa shape index (κ1) is 22.1. The molecule has 2 aromatic heterocycles. The number of hydrogen-bond donors (Lipinski definition) is 1. The number of aromatic nitrogens is 3. The van der Waals surface area contributed by atoms with Gasteiger partial charge in [0.25, 0.3) is 0 Å². The Bertz CT molecular complexity index is 1300. The number of halogens is 2. The Kier molecular flexibility index (Phi) is 5.87. The minimum atomic E-state index is -0.939. The van der Waals surface area contributed by atoms with Crippen molar-refractivity contribution >= 4 is 17.2 Å². The van der Waals surface area contributed by atoms with Crippen molar-refractivity contribution in [2.75, 3.05) is 33.0 Å². The lowest BCUT2D eigenvalue weighted by Gasteiger charge is -2.14. The summed E-state index contributed by atoms with van der Waals surface area (Å²) in [7, 11) is 2.53. The average Bonchev–Trinajstić information content (AvgIpc) is 3.44. The van der Waals surface area contributed by atoms with Gasteiger partial charge in [-0.15, -0.1) is 0 Å². The topological polar surface area (TPSA) is 95.0 Å². The molecule has 0 aliphatic carbocycles. The molecule has 1 saturated heterocycles. The number of carbonyl (C=O) groups excluding carboxylic acids is 1. The highest BCUT2D eigenvalue weighted by Crippen LogP contribution is 2.33. The maximum absolute atomic E-state index is 14.7. The molecule has 1 atom stereocenters. The molecule has 0 spiro atoms. The van der Waals surface area contributed by atoms with Gasteiger partial charge in [0.2, 0.25) is 5.91 Å². The Morgan fingerprint density at radius 1 is 1.24 bits per heavy atom. The third-order valence-electron chi connectivity index (χ3n) is 5.60. The monoisotopic (exact) mass is 453 g/mol. The van der Waals surface area contributed by atoms with E-state index in [-0.39, 0.29) is 29.1 Å². The third kappa shape index (κ3) is 3.82. The second-order valence-electron chi connectivity index (χ2n) is 7.40. The number of nitrogens with two attached hydrogens (primary N) is 1. The molecule has 0 saturated carbocycles. The maximum atomic E-state index is 14.7. The molecule has 1 aliphatic heterocycles. The van der Waals surface area contributed by atoms with E-state index in [0.29, 0.717) is 30.6 Å². The molecule has 1 aliphatic rings. The number of likely N-dealkylation sites (tertiary alicyclic amines) is 1. The molecule has 3 heterocycles. The molecular formula is C23H21F2N5O3. The van der Waals surface area contributed by atoms with Crippen molar-refractivity contribution < 1.29 is 23.0 Å². The van der Waals surface area contributed by atoms with Crippen LogP contribution in [0.3, 0.4) is 0 Å². The van der Waals surface area contributed by atoms with Crippen LogP contribution in [-0.4, -0.2) is 52.7 Å². The lowest BCUT2D eigenvalue weighted by Crippen LogP contribution is -2.26. The summed E-state index contributed by atoms with van der Waals surface area (Å²) >= 11 is 0. The molecule has 1 aromatic carbocycles. The molecule has 1 fully saturated rings. The van der Waals surface area contributed by atoms with Crippen LogP contribution in [0.2, 0.25) is 0 Å². The lowest BCUT2D eigenvalue weighted by molar-refractivity contribution is -0.125. The molecule has 4 rings (SSSR count). The van der Waals surface area contributed by atoms with Gasteiger partial charge < -0.3 is 20.1 Å². The van der Waals surface area contributed by atoms with E-state index in [1.165, 1.54) is 26.6 Å². The fourth-order valence-electron chi connectivity index (χ4n) is 3.93. The van der Waals surface area contributed by atoms with Crippen LogP contribution in [0.1, 0.15) is 29.2 Å². The van der Waals surface area contributed by atoms with Crippen LogP contribution < -0.4 is 15.2 Å². The van der Waals surface area contributed by atoms with Gasteiger partial charge in [-0.2, -0.15) is 5.10 Å². The molecule has 8 nitrogen and oxygen atoms in total. The Balaban J connectivity index is 1.82. The molecule has 33 heavy (non-hydrogen) atoms. The van der Waals surface area contributed by atoms with Crippen LogP contribution in [0.15, 0.2) is 31.1 Å². The van der Waals surface area contributed by atoms with Gasteiger partial charge in [0.15, 0.2) is 29.0 Å². The summed E-state index contributed by atoms with van der Waals surface area (Å²) in [5.41, 5.74) is 7.18. The number of carbonyl (C=O) groups is 1. The van der Waals surface area contributed by atoms with Gasteiger partial charge in [0.1, 0.15) is 17.4 Å². The van der Waals surface area contributed by atoms with Crippen molar-refractivity contribution in [3.8, 4) is 23.3 Å². The Hall–Kier alpha value is -4.13. The number of amides is 1. The van der Waals surface area contributed by atoms with Crippen LogP contribution in [0, 0.1) is 23.5 Å². The minimum Gasteiger partial charge on any atom is -0.493 e. The fourth-order valence-corrected chi connectivity index (χ4v) is 3.93. The molecule has 3 aromatic rings. The summed E-state index contributed by atoms with van der Waals surface area (Å²) < 4.78 is 41.0. The molecule has 0 bridgehead atoms. The van der Waals surface area contributed by atoms with E-state index in [1.807, 2.05) is 0 Å². The van der Waals surface area contributed by atoms with E-state index < -0.39 is 17.2 Å². The van der Waals surface area contributed by atoms with Crippen molar-refractivity contribution in [2.24, 2.45) is 0 Å². The standard InChI is InChI=1S/C23H21F2N5O3/c1-4-19(31)29-8-7-14(11-29)16-9-13(22-23(26)27-12-28-30(16)22)5-6-15-20(24)17(32-2)10-18(33-3)21(15)25/h4,9-10,12,14H,1,7-8,11H2,2-3H3,(H2,26,27,28)/t14-/m0/s1. The fraction of sp³-hybridized carbons (Fsp3) is 0.261. The zero-order chi connectivity index (χ0) is 23.7. The van der Waals surface area contributed by atoms with Crippen molar-refractivity contribution in [3.63, 3.8) is 0 Å². The Morgan fingerprint density at radius 3 is 2.58 bits per heavy atom. The van der Waals surface area contributed by atoms with Gasteiger partial charge in [0.05, 0.1) is 19.8 Å². The number of fused-ring (bicyclic) bond motifs is 1. The zero-order valence-corrected chi connectivity index (χ0v) is 18.1. The third-order valence-corrected chi connectivity index (χ3v) is 5.60. The van der Waals surface area contributed by atoms with Crippen molar-refractivity contribution in [2.45, 2.75) is 12.3 Å². The highest BCUT2D eigenvalue weighted by molar-refractivity contribution is 5.87. The van der Waals surface area contributed by atoms with E-state index in [4.69, 9.17) is 15.2 Å². The number of rotatable bonds is 4. The van der Waals surface area contributed by atoms with Gasteiger partial charge in [-0.1, -0.05) is 18.4 Å². The van der Waals surface area contributed by atoms with E-state index >= 15 is 0 Å². The van der Waals surface area contributed by atoms with Gasteiger partial charge in [0, 0.05) is 30.8 Å². The Morgan fingerprint density at radius 2 is 1.94 bits per heavy atom. The Labute approximate surface area is 188 Å². The normalized spacial score (nSPS) is 15.3. The molecule has 2 N–H and O–H groups in total. The van der Waals surface area contributed by atoms with E-state index in [1.54, 1.807) is 15.5 Å². The molecule has 0 unspecified atom stereocenters. The first-order valence-corrected chi connectivity index (χ1v) is 10.0. The van der Waals surface area contributed by atoms with Crippen LogP contribution in [0.25, 0.3) is 5.52 Å². The van der Waals surface area contributed by atoms with Crippen LogP contribution in [0.4, 0.5) is 14.6 Å². The first-order chi connectivity index (χ1) is 15.9. The number of nitrogen functional groups attached to an aromatic ring is 1. The number of anilines is 1. The summed E-state index contributed by atoms with van der Waals surface area (Å²) in [5, 5.41) is 4.29. The largest absolute Gasteiger partial charge is 0.493 e. The average molecular weight is 453 g/mol. The van der Waals surface area contributed by atoms with Crippen LogP contribution >= 0.6 is 0 Å². The van der Waals surface area contributed by atoms with Crippen molar-refractivity contribution in [3.05, 3.63) is 59.6 Å². The summed E-state index contributed by atoms with van der Waals surface area (Å²) in [6.07, 6.45) is 3.30. The van der Waals surface area contributed by atoms with Gasteiger partial charge in [-0.3, -0.25) is 4.79 Å². The number of hydrogen-bond acceptors (Lipinski definition) is 6. The van der Waals surface area contributed by atoms with Gasteiger partial charge >= 0.3 is 0 Å². The molecule has 10 heteroatoms. The number of nitrogens with zero attached hydrogens (tertiary/aromatic N) is 4. The number of ether oxygens (including phenoxy) is 2. The molecular weight excluding hydrogens is 432 g/mol. The van der Waals surface area contributed by atoms with Crippen molar-refractivity contribution in [1.29, 1.82) is 0 Å². The second-order valence-corrected chi connectivity index (χ2v) is 7.40. The predicted octanol–water partition coefficient (Wildman–Crippen LogP) is 2.51. The summed E-state index contributed by atoms with van der Waals surface area (Å²) in [6.45, 7) is 4.58. The van der Waals surface area contributed by atoms with E-state index in [0.717, 1.165) is 11.8 Å². The van der Waals surface area contributed by atoms with Crippen molar-refractivity contribution in [1.82, 2.24) is 19.5 Å². The second kappa shape index (κ2) is 8.78. The lowest BCUT2D eigenvalue weighted by atomic mass is 10.0. The molecule has 1 amide bonds. The SMILES string of the molecule is C=CC(=O)N1CC[C@H](c2cc(C#Cc3c(F)c(OC)cc(OC)c3F)c3c(N)ncnn23)C1. The number of benzene rings is 1. The number of methoxy groups -OCH3 is 2. The maximum Gasteiger partial charge on any atom is 0.245 e. The quantitative estimate of drug-likeness (QED) is 0.482. The summed E-state index contributed by atoms with van der Waals surface area (Å²) in [6, 6.07) is 2.87. The van der Waals surface area contributed by atoms with Crippen LogP contribution in [0.5, 0.6) is 11.5 Å². The van der Waals surface area contributed by atoms with E-state index in [9.17, 15) is 13.6 Å². The summed E-state index contributed by atoms with van der Waals surface area (Å²) in [4.78, 5) is 17.7. The molecule has 0 radical (unpaired) electrons. The summed E-state index contributed by atoms with van der Waals surface area (Å²) in [5.74, 6) is 3.07. The van der Waals surface area contributed by atoms with Crippen LogP contribution in [-0.2, 0) is 4.79 Å².